The summed E-state index contributed by atoms with van der Waals surface area (Å²) in [5.74, 6) is -6.45. The number of hydrogen-bond donors (Lipinski definition) is 7. The zero-order valence-electron chi connectivity index (χ0n) is 52.7. The van der Waals surface area contributed by atoms with E-state index in [9.17, 15) is 62.3 Å². The van der Waals surface area contributed by atoms with Crippen LogP contribution in [0.4, 0.5) is 0 Å². The number of ether oxygens (including phenoxy) is 4. The van der Waals surface area contributed by atoms with Gasteiger partial charge in [-0.3, -0.25) is 52.7 Å². The Labute approximate surface area is 569 Å². The summed E-state index contributed by atoms with van der Waals surface area (Å²) in [5, 5.41) is 15.8. The summed E-state index contributed by atoms with van der Waals surface area (Å²) in [7, 11) is 2.89. The first-order chi connectivity index (χ1) is 41.9. The minimum atomic E-state index is -1.05. The quantitative estimate of drug-likeness (QED) is 0.0258. The Morgan fingerprint density at radius 2 is 0.944 bits per heavy atom. The van der Waals surface area contributed by atoms with Gasteiger partial charge < -0.3 is 75.4 Å². The first-order valence-corrected chi connectivity index (χ1v) is 30.6. The van der Waals surface area contributed by atoms with Crippen molar-refractivity contribution in [2.45, 2.75) is 143 Å². The van der Waals surface area contributed by atoms with Crippen molar-refractivity contribution in [2.75, 3.05) is 79.0 Å². The van der Waals surface area contributed by atoms with Gasteiger partial charge in [-0.25, -0.2) is 0 Å². The van der Waals surface area contributed by atoms with Crippen LogP contribution in [-0.4, -0.2) is 173 Å². The molecule has 89 heavy (non-hydrogen) atoms. The fraction of sp³-hybridized carbons (Fsp3) is 0.603. The van der Waals surface area contributed by atoms with Crippen LogP contribution in [0.5, 0.6) is 0 Å². The molecule has 2 aromatic carbocycles. The van der Waals surface area contributed by atoms with Crippen molar-refractivity contribution in [1.29, 1.82) is 0 Å². The number of carbonyl (C=O) groups excluding carboxylic acids is 13. The van der Waals surface area contributed by atoms with Gasteiger partial charge >= 0.3 is 51.4 Å². The predicted molar refractivity (Wildman–Crippen MR) is 331 cm³/mol. The molecule has 26 heteroatoms. The number of nitrogens with two attached hydrogens (primary N) is 1. The van der Waals surface area contributed by atoms with Gasteiger partial charge in [-0.1, -0.05) is 88.4 Å². The first-order valence-electron chi connectivity index (χ1n) is 30.1. The molecule has 0 aliphatic heterocycles. The summed E-state index contributed by atoms with van der Waals surface area (Å²) >= 11 is 0. The zero-order valence-corrected chi connectivity index (χ0v) is 56.8. The van der Waals surface area contributed by atoms with E-state index in [-0.39, 0.29) is 243 Å². The minimum absolute atomic E-state index is 0. The third-order valence-electron chi connectivity index (χ3n) is 13.5. The van der Waals surface area contributed by atoms with Crippen LogP contribution in [0, 0.1) is 23.7 Å². The van der Waals surface area contributed by atoms with Crippen molar-refractivity contribution in [1.82, 2.24) is 31.9 Å². The standard InChI is InChI=1S/C63H93N7O17P.K.H2/c1-42(2)31-53(55(75)21-18-44(5)71)69-61(81)47(33-45-13-8-6-9-14-45)35-50(73)38-66-58(78)40-86-29-27-84-25-12-17-49(72)19-20-52(68-57(77)37-64)63(83)65-24-26-85-28-30-87-41-59(79)67-39-51(74)36-48(34-46-15-10-7-11-16-46)62(82)70-54(32-43(3)4)56(76)22-23-60(80)88;;/h6-11,13-16,42-43,47-48,52-54,88H,12,17-41,64H2,1-5H3,(H,65,83)(H,66,78)(H,67,79)(H,68,77)(H,69,81)(H,70,82);;1H/q-1;+1;. The number of hydrogen-bond acceptors (Lipinski definition) is 18. The Balaban J connectivity index is 0.0000396. The van der Waals surface area contributed by atoms with Gasteiger partial charge in [0, 0.05) is 71.4 Å². The van der Waals surface area contributed by atoms with Gasteiger partial charge in [0.05, 0.1) is 64.8 Å². The van der Waals surface area contributed by atoms with Crippen LogP contribution in [0.3, 0.4) is 0 Å². The smallest absolute Gasteiger partial charge is 0.484 e. The van der Waals surface area contributed by atoms with E-state index in [1.165, 1.54) is 6.92 Å². The molecular weight excluding hydrogens is 1200 g/mol. The van der Waals surface area contributed by atoms with Gasteiger partial charge in [-0.05, 0) is 80.4 Å². The first kappa shape index (κ1) is 81.8. The van der Waals surface area contributed by atoms with Gasteiger partial charge in [-0.2, -0.15) is 0 Å². The molecule has 2 aromatic rings. The van der Waals surface area contributed by atoms with Crippen LogP contribution in [0.2, 0.25) is 0 Å². The normalized spacial score (nSPS) is 12.7. The molecule has 24 nitrogen and oxygen atoms in total. The molecule has 0 heterocycles. The number of carbonyl (C=O) groups is 13. The predicted octanol–water partition coefficient (Wildman–Crippen LogP) is -0.121. The van der Waals surface area contributed by atoms with Crippen molar-refractivity contribution < 1.29 is 134 Å². The Morgan fingerprint density at radius 3 is 1.38 bits per heavy atom. The summed E-state index contributed by atoms with van der Waals surface area (Å²) < 4.78 is 21.7. The summed E-state index contributed by atoms with van der Waals surface area (Å²) in [6, 6.07) is 15.5. The molecule has 0 aromatic heterocycles. The number of benzene rings is 2. The second kappa shape index (κ2) is 48.6. The number of rotatable bonds is 51. The summed E-state index contributed by atoms with van der Waals surface area (Å²) in [4.78, 5) is 165. The van der Waals surface area contributed by atoms with Gasteiger partial charge in [0.25, 0.3) is 0 Å². The molecule has 5 unspecified atom stereocenters. The number of ketones is 6. The molecule has 0 saturated carbocycles. The molecule has 6 amide bonds. The second-order valence-electron chi connectivity index (χ2n) is 22.4. The maximum atomic E-state index is 13.6. The molecule has 0 aliphatic rings. The number of nitrogens with one attached hydrogen (secondary N) is 6. The van der Waals surface area contributed by atoms with Crippen LogP contribution >= 0.6 is 9.24 Å². The molecule has 490 valence electrons. The zero-order chi connectivity index (χ0) is 65.2. The fourth-order valence-corrected chi connectivity index (χ4v) is 9.04. The van der Waals surface area contributed by atoms with Crippen LogP contribution < -0.4 is 89.0 Å². The van der Waals surface area contributed by atoms with Crippen molar-refractivity contribution >= 4 is 84.9 Å². The van der Waals surface area contributed by atoms with E-state index < -0.39 is 77.0 Å². The molecule has 0 saturated heterocycles. The van der Waals surface area contributed by atoms with Crippen LogP contribution in [0.15, 0.2) is 60.7 Å². The summed E-state index contributed by atoms with van der Waals surface area (Å²) in [6.07, 6.45) is 1.21. The largest absolute Gasteiger partial charge is 1.00 e. The van der Waals surface area contributed by atoms with Crippen LogP contribution in [0.1, 0.15) is 124 Å². The monoisotopic (exact) mass is 1290 g/mol. The van der Waals surface area contributed by atoms with E-state index in [2.05, 4.69) is 41.1 Å². The van der Waals surface area contributed by atoms with E-state index in [1.54, 1.807) is 12.1 Å². The third kappa shape index (κ3) is 40.3. The fourth-order valence-electron chi connectivity index (χ4n) is 8.91. The molecule has 0 fully saturated rings. The average molecular weight is 1290 g/mol. The minimum Gasteiger partial charge on any atom is -0.484 e. The molecule has 0 aliphatic carbocycles. The van der Waals surface area contributed by atoms with E-state index in [1.807, 2.05) is 76.2 Å². The van der Waals surface area contributed by atoms with Gasteiger partial charge in [0.2, 0.25) is 35.4 Å². The molecule has 0 radical (unpaired) electrons. The topological polar surface area (TPSA) is 357 Å². The van der Waals surface area contributed by atoms with Crippen molar-refractivity contribution in [2.24, 2.45) is 29.4 Å². The second-order valence-corrected chi connectivity index (χ2v) is 22.9. The Morgan fingerprint density at radius 1 is 0.494 bits per heavy atom. The van der Waals surface area contributed by atoms with Crippen LogP contribution in [0.25, 0.3) is 0 Å². The summed E-state index contributed by atoms with van der Waals surface area (Å²) in [6.45, 7) is 7.68. The third-order valence-corrected chi connectivity index (χ3v) is 13.8. The SMILES string of the molecule is CC(=O)CCC(=O)C(CC(C)C)NC(=O)C(CC(=O)CNC(=O)COCCOCCCC(=O)CCC(NC(=O)CN)C(=O)NCCOCCOCC(=O)NCC(=O)CC(Cc1ccccc1)C(=O)NC(CC(C)C)C(=O)CCC(=O)[PH-])Cc1ccccc1.[HH].[K+]. The van der Waals surface area contributed by atoms with Crippen LogP contribution in [-0.2, 0) is 94.1 Å². The summed E-state index contributed by atoms with van der Waals surface area (Å²) in [5.41, 5.74) is 6.74. The van der Waals surface area contributed by atoms with Crippen molar-refractivity contribution in [3.05, 3.63) is 71.8 Å². The molecular formula is C63H95KN7O17P. The van der Waals surface area contributed by atoms with Gasteiger partial charge in [-0.15, -0.1) is 0 Å². The average Bonchev–Trinajstić information content (AvgIpc) is 2.18. The Kier molecular flexibility index (Phi) is 44.7. The van der Waals surface area contributed by atoms with Crippen molar-refractivity contribution in [3.8, 4) is 0 Å². The number of Topliss-reactive ketones (excluding diaryl/α,β-unsaturated/α-hetero) is 6. The molecule has 0 spiro atoms. The molecule has 0 bridgehead atoms. The van der Waals surface area contributed by atoms with E-state index >= 15 is 0 Å². The van der Waals surface area contributed by atoms with Gasteiger partial charge in [0.15, 0.2) is 23.1 Å². The van der Waals surface area contributed by atoms with Crippen molar-refractivity contribution in [3.63, 3.8) is 0 Å². The molecule has 2 rings (SSSR count). The van der Waals surface area contributed by atoms with E-state index in [4.69, 9.17) is 24.7 Å². The maximum Gasteiger partial charge on any atom is 1.00 e. The number of amides is 6. The van der Waals surface area contributed by atoms with E-state index in [0.29, 0.717) is 19.3 Å². The van der Waals surface area contributed by atoms with Gasteiger partial charge in [0.1, 0.15) is 30.8 Å². The van der Waals surface area contributed by atoms with E-state index in [0.717, 1.165) is 11.1 Å². The Bertz CT molecular complexity index is 2570. The Hall–Kier alpha value is -5.18. The molecule has 5 atom stereocenters. The molecule has 8 N–H and O–H groups in total. The maximum absolute atomic E-state index is 13.6.